The van der Waals surface area contributed by atoms with Gasteiger partial charge < -0.3 is 20.5 Å². The zero-order chi connectivity index (χ0) is 21.0. The number of ether oxygens (including phenoxy) is 1. The molecule has 1 heterocycles. The van der Waals surface area contributed by atoms with Gasteiger partial charge in [-0.15, -0.1) is 21.5 Å². The highest BCUT2D eigenvalue weighted by atomic mass is 32.1. The van der Waals surface area contributed by atoms with Crippen LogP contribution in [0, 0.1) is 0 Å². The largest absolute Gasteiger partial charge is 0.465 e. The minimum Gasteiger partial charge on any atom is -0.465 e. The molecule has 0 spiro atoms. The van der Waals surface area contributed by atoms with Gasteiger partial charge in [0.2, 0.25) is 0 Å². The Morgan fingerprint density at radius 2 is 1.34 bits per heavy atom. The minimum absolute atomic E-state index is 0.0592. The molecule has 1 aromatic rings. The summed E-state index contributed by atoms with van der Waals surface area (Å²) in [7, 11) is 0. The lowest BCUT2D eigenvalue weighted by molar-refractivity contribution is 0.0491. The number of nitrogens with zero attached hydrogens (tertiary/aromatic N) is 2. The zero-order valence-electron chi connectivity index (χ0n) is 17.4. The highest BCUT2D eigenvalue weighted by Gasteiger charge is 2.30. The van der Waals surface area contributed by atoms with Crippen LogP contribution in [-0.2, 0) is 4.74 Å². The number of rotatable bonds is 4. The molecule has 2 saturated carbocycles. The van der Waals surface area contributed by atoms with E-state index >= 15 is 0 Å². The molecule has 3 rings (SSSR count). The van der Waals surface area contributed by atoms with Crippen molar-refractivity contribution in [3.8, 4) is 0 Å². The van der Waals surface area contributed by atoms with Gasteiger partial charge in [0.15, 0.2) is 0 Å². The number of carbonyl (C=O) groups excluding carboxylic acids is 1. The van der Waals surface area contributed by atoms with Gasteiger partial charge in [-0.1, -0.05) is 0 Å². The second-order valence-corrected chi connectivity index (χ2v) is 10.2. The fraction of sp³-hybridized carbons (Fsp3) is 0.800. The van der Waals surface area contributed by atoms with Crippen molar-refractivity contribution in [1.82, 2.24) is 20.8 Å². The molecule has 2 aliphatic carbocycles. The molecule has 3 N–H and O–H groups in total. The van der Waals surface area contributed by atoms with Gasteiger partial charge in [-0.2, -0.15) is 0 Å². The molecule has 0 aliphatic heterocycles. The first kappa shape index (κ1) is 21.8. The molecule has 0 saturated heterocycles. The monoisotopic (exact) mass is 424 g/mol. The predicted octanol–water partition coefficient (Wildman–Crippen LogP) is 4.38. The summed E-state index contributed by atoms with van der Waals surface area (Å²) in [6.45, 7) is 5.60. The molecule has 0 radical (unpaired) electrons. The maximum absolute atomic E-state index is 11.9. The Balaban J connectivity index is 1.45. The number of hydrogen-bond acceptors (Lipinski definition) is 6. The molecule has 8 nitrogen and oxygen atoms in total. The lowest BCUT2D eigenvalue weighted by Gasteiger charge is -2.29. The normalized spacial score (nSPS) is 27.8. The van der Waals surface area contributed by atoms with E-state index in [1.54, 1.807) is 11.3 Å². The van der Waals surface area contributed by atoms with Crippen molar-refractivity contribution in [3.05, 3.63) is 10.0 Å². The summed E-state index contributed by atoms with van der Waals surface area (Å²) in [5, 5.41) is 25.5. The maximum atomic E-state index is 11.9. The van der Waals surface area contributed by atoms with Crippen molar-refractivity contribution < 1.29 is 19.4 Å². The summed E-state index contributed by atoms with van der Waals surface area (Å²) >= 11 is 1.71. The van der Waals surface area contributed by atoms with E-state index < -0.39 is 11.7 Å². The Morgan fingerprint density at radius 1 is 0.897 bits per heavy atom. The second kappa shape index (κ2) is 9.28. The highest BCUT2D eigenvalue weighted by Crippen LogP contribution is 2.39. The first-order valence-electron chi connectivity index (χ1n) is 10.5. The lowest BCUT2D eigenvalue weighted by atomic mass is 9.86. The van der Waals surface area contributed by atoms with Gasteiger partial charge in [-0.3, -0.25) is 0 Å². The fourth-order valence-electron chi connectivity index (χ4n) is 4.19. The van der Waals surface area contributed by atoms with E-state index in [1.165, 1.54) is 0 Å². The summed E-state index contributed by atoms with van der Waals surface area (Å²) in [5.41, 5.74) is -0.479. The van der Waals surface area contributed by atoms with E-state index in [0.717, 1.165) is 61.4 Å². The van der Waals surface area contributed by atoms with E-state index in [-0.39, 0.29) is 18.2 Å². The molecule has 29 heavy (non-hydrogen) atoms. The highest BCUT2D eigenvalue weighted by molar-refractivity contribution is 7.11. The number of carbonyl (C=O) groups is 2. The van der Waals surface area contributed by atoms with E-state index in [4.69, 9.17) is 9.84 Å². The fourth-order valence-corrected chi connectivity index (χ4v) is 5.38. The zero-order valence-corrected chi connectivity index (χ0v) is 18.3. The molecule has 2 fully saturated rings. The van der Waals surface area contributed by atoms with Gasteiger partial charge >= 0.3 is 12.2 Å². The Morgan fingerprint density at radius 3 is 1.76 bits per heavy atom. The predicted molar refractivity (Wildman–Crippen MR) is 110 cm³/mol. The topological polar surface area (TPSA) is 113 Å². The van der Waals surface area contributed by atoms with Gasteiger partial charge in [-0.05, 0) is 72.1 Å². The molecule has 9 heteroatoms. The third-order valence-electron chi connectivity index (χ3n) is 5.66. The van der Waals surface area contributed by atoms with Crippen LogP contribution in [0.5, 0.6) is 0 Å². The maximum Gasteiger partial charge on any atom is 0.407 e. The lowest BCUT2D eigenvalue weighted by Crippen LogP contribution is -2.40. The Kier molecular flexibility index (Phi) is 6.97. The van der Waals surface area contributed by atoms with Gasteiger partial charge in [0.1, 0.15) is 15.6 Å². The van der Waals surface area contributed by atoms with Crippen molar-refractivity contribution in [2.75, 3.05) is 0 Å². The summed E-state index contributed by atoms with van der Waals surface area (Å²) in [6.07, 6.45) is 6.15. The van der Waals surface area contributed by atoms with E-state index in [2.05, 4.69) is 20.8 Å². The SMILES string of the molecule is CC(C)(C)OC(=O)NC1CCC(c2nnc(C3CCC(NC(=O)O)CC3)s2)CC1. The second-order valence-electron chi connectivity index (χ2n) is 9.17. The average molecular weight is 425 g/mol. The van der Waals surface area contributed by atoms with Crippen LogP contribution in [0.25, 0.3) is 0 Å². The van der Waals surface area contributed by atoms with Crippen molar-refractivity contribution in [1.29, 1.82) is 0 Å². The van der Waals surface area contributed by atoms with Crippen LogP contribution >= 0.6 is 11.3 Å². The van der Waals surface area contributed by atoms with Crippen molar-refractivity contribution in [2.24, 2.45) is 0 Å². The van der Waals surface area contributed by atoms with Crippen LogP contribution in [0.4, 0.5) is 9.59 Å². The average Bonchev–Trinajstić information content (AvgIpc) is 3.11. The molecular weight excluding hydrogens is 392 g/mol. The summed E-state index contributed by atoms with van der Waals surface area (Å²) < 4.78 is 5.34. The van der Waals surface area contributed by atoms with E-state index in [0.29, 0.717) is 11.8 Å². The quantitative estimate of drug-likeness (QED) is 0.661. The van der Waals surface area contributed by atoms with E-state index in [9.17, 15) is 9.59 Å². The molecular formula is C20H32N4O4S. The van der Waals surface area contributed by atoms with Gasteiger partial charge in [0.25, 0.3) is 0 Å². The number of amides is 2. The molecule has 0 atom stereocenters. The number of carboxylic acid groups (broad SMARTS) is 1. The van der Waals surface area contributed by atoms with Crippen LogP contribution in [0.15, 0.2) is 0 Å². The molecule has 2 amide bonds. The Hall–Kier alpha value is -1.90. The molecule has 0 aromatic carbocycles. The van der Waals surface area contributed by atoms with Crippen molar-refractivity contribution >= 4 is 23.5 Å². The molecule has 1 aromatic heterocycles. The van der Waals surface area contributed by atoms with Crippen LogP contribution < -0.4 is 10.6 Å². The summed E-state index contributed by atoms with van der Waals surface area (Å²) in [6, 6.07) is 0.217. The van der Waals surface area contributed by atoms with Gasteiger partial charge in [0.05, 0.1) is 0 Å². The standard InChI is InChI=1S/C20H32N4O4S/c1-20(2,3)28-19(27)22-15-10-6-13(7-11-15)17-24-23-16(29-17)12-4-8-14(9-5-12)21-18(25)26/h12-15,21H,4-11H2,1-3H3,(H,22,27)(H,25,26). The van der Waals surface area contributed by atoms with Crippen LogP contribution in [0.1, 0.15) is 94.0 Å². The minimum atomic E-state index is -0.941. The molecule has 0 unspecified atom stereocenters. The number of nitrogens with one attached hydrogen (secondary N) is 2. The van der Waals surface area contributed by atoms with Crippen molar-refractivity contribution in [3.63, 3.8) is 0 Å². The summed E-state index contributed by atoms with van der Waals surface area (Å²) in [4.78, 5) is 22.7. The molecule has 162 valence electrons. The molecule has 0 bridgehead atoms. The van der Waals surface area contributed by atoms with Crippen molar-refractivity contribution in [2.45, 2.75) is 102 Å². The Bertz CT molecular complexity index is 702. The third kappa shape index (κ3) is 6.55. The van der Waals surface area contributed by atoms with Crippen LogP contribution in [0.2, 0.25) is 0 Å². The number of hydrogen-bond donors (Lipinski definition) is 3. The Labute approximate surface area is 175 Å². The smallest absolute Gasteiger partial charge is 0.407 e. The van der Waals surface area contributed by atoms with Crippen LogP contribution in [-0.4, -0.2) is 45.2 Å². The van der Waals surface area contributed by atoms with E-state index in [1.807, 2.05) is 20.8 Å². The van der Waals surface area contributed by atoms with Gasteiger partial charge in [-0.25, -0.2) is 9.59 Å². The van der Waals surface area contributed by atoms with Gasteiger partial charge in [0, 0.05) is 23.9 Å². The molecule has 2 aliphatic rings. The number of aromatic nitrogens is 2. The summed E-state index contributed by atoms with van der Waals surface area (Å²) in [5.74, 6) is 0.793. The number of alkyl carbamates (subject to hydrolysis) is 1. The van der Waals surface area contributed by atoms with Crippen LogP contribution in [0.3, 0.4) is 0 Å². The third-order valence-corrected chi connectivity index (χ3v) is 6.91. The first-order valence-corrected chi connectivity index (χ1v) is 11.3. The first-order chi connectivity index (χ1) is 13.7.